The van der Waals surface area contributed by atoms with Crippen LogP contribution in [0.4, 0.5) is 9.18 Å². The van der Waals surface area contributed by atoms with E-state index in [1.165, 1.54) is 0 Å². The highest BCUT2D eigenvalue weighted by atomic mass is 32.2. The molecule has 0 spiro atoms. The number of aromatic nitrogens is 1. The molecule has 0 atom stereocenters. The predicted octanol–water partition coefficient (Wildman–Crippen LogP) is 2.11. The zero-order valence-corrected chi connectivity index (χ0v) is 16.3. The number of hydrogen-bond acceptors (Lipinski definition) is 6. The molecule has 9 heteroatoms. The average Bonchev–Trinajstić information content (AvgIpc) is 3.03. The number of urea groups is 1. The van der Waals surface area contributed by atoms with Gasteiger partial charge < -0.3 is 20.3 Å². The normalized spacial score (nSPS) is 19.8. The van der Waals surface area contributed by atoms with Gasteiger partial charge in [0.2, 0.25) is 5.88 Å². The highest BCUT2D eigenvalue weighted by molar-refractivity contribution is 7.97. The summed E-state index contributed by atoms with van der Waals surface area (Å²) in [6, 6.07) is 4.22. The first kappa shape index (κ1) is 19.9. The maximum absolute atomic E-state index is 12.5. The van der Waals surface area contributed by atoms with Gasteiger partial charge in [-0.3, -0.25) is 0 Å². The third-order valence-corrected chi connectivity index (χ3v) is 5.95. The van der Waals surface area contributed by atoms with Crippen molar-refractivity contribution in [3.63, 3.8) is 0 Å². The number of nitrogens with two attached hydrogens (primary N) is 1. The van der Waals surface area contributed by atoms with E-state index in [2.05, 4.69) is 9.29 Å². The van der Waals surface area contributed by atoms with E-state index in [0.717, 1.165) is 43.9 Å². The molecule has 2 N–H and O–H groups in total. The first-order chi connectivity index (χ1) is 13.1. The first-order valence-electron chi connectivity index (χ1n) is 9.12. The molecule has 148 valence electrons. The number of piperidine rings is 1. The van der Waals surface area contributed by atoms with E-state index >= 15 is 0 Å². The summed E-state index contributed by atoms with van der Waals surface area (Å²) in [4.78, 5) is 21.2. The third kappa shape index (κ3) is 5.12. The van der Waals surface area contributed by atoms with Gasteiger partial charge in [0.05, 0.1) is 6.33 Å². The molecule has 2 amide bonds. The van der Waals surface area contributed by atoms with Gasteiger partial charge in [-0.15, -0.1) is 0 Å². The Morgan fingerprint density at radius 1 is 1.37 bits per heavy atom. The number of nitrogens with zero attached hydrogens (tertiary/aromatic N) is 4. The molecule has 2 aliphatic rings. The number of likely N-dealkylation sites (N-methyl/N-ethyl adjacent to an activating group) is 1. The highest BCUT2D eigenvalue weighted by Crippen LogP contribution is 2.29. The quantitative estimate of drug-likeness (QED) is 0.713. The fourth-order valence-electron chi connectivity index (χ4n) is 3.21. The standard InChI is InChI=1S/C18H26FN5O2S/c1-22-8-9-24(18(22)25)15-4-6-23(7-5-15)27-16-2-3-17(21-12-16)26-13-14(10-19)11-20/h2-3,10,12,15H,4-9,11,13,20H2,1H3/b14-10-. The van der Waals surface area contributed by atoms with Gasteiger partial charge >= 0.3 is 6.03 Å². The van der Waals surface area contributed by atoms with Gasteiger partial charge in [0, 0.05) is 68.5 Å². The molecule has 0 radical (unpaired) electrons. The van der Waals surface area contributed by atoms with Crippen LogP contribution in [0.1, 0.15) is 12.8 Å². The molecule has 0 aromatic carbocycles. The van der Waals surface area contributed by atoms with Crippen LogP contribution in [0.2, 0.25) is 0 Å². The third-order valence-electron chi connectivity index (χ3n) is 4.88. The van der Waals surface area contributed by atoms with Gasteiger partial charge in [-0.1, -0.05) is 0 Å². The summed E-state index contributed by atoms with van der Waals surface area (Å²) in [7, 11) is 1.86. The second-order valence-electron chi connectivity index (χ2n) is 6.74. The van der Waals surface area contributed by atoms with Crippen molar-refractivity contribution >= 4 is 18.0 Å². The van der Waals surface area contributed by atoms with Crippen LogP contribution in [0.5, 0.6) is 5.88 Å². The number of ether oxygens (including phenoxy) is 1. The lowest BCUT2D eigenvalue weighted by Crippen LogP contribution is -2.44. The first-order valence-corrected chi connectivity index (χ1v) is 9.89. The summed E-state index contributed by atoms with van der Waals surface area (Å²) in [5.74, 6) is 0.447. The average molecular weight is 396 g/mol. The molecule has 27 heavy (non-hydrogen) atoms. The van der Waals surface area contributed by atoms with Crippen LogP contribution in [0.15, 0.2) is 35.1 Å². The van der Waals surface area contributed by atoms with E-state index in [-0.39, 0.29) is 19.2 Å². The topological polar surface area (TPSA) is 74.9 Å². The maximum atomic E-state index is 12.5. The van der Waals surface area contributed by atoms with Gasteiger partial charge in [0.1, 0.15) is 6.61 Å². The lowest BCUT2D eigenvalue weighted by molar-refractivity contribution is 0.160. The van der Waals surface area contributed by atoms with Crippen LogP contribution in [0.3, 0.4) is 0 Å². The van der Waals surface area contributed by atoms with Crippen LogP contribution in [-0.2, 0) is 0 Å². The molecule has 2 fully saturated rings. The lowest BCUT2D eigenvalue weighted by atomic mass is 10.1. The number of hydrogen-bond donors (Lipinski definition) is 1. The second kappa shape index (κ2) is 9.38. The summed E-state index contributed by atoms with van der Waals surface area (Å²) in [5.41, 5.74) is 5.79. The number of carbonyl (C=O) groups excluding carboxylic acids is 1. The fraction of sp³-hybridized carbons (Fsp3) is 0.556. The van der Waals surface area contributed by atoms with Crippen LogP contribution in [0, 0.1) is 0 Å². The van der Waals surface area contributed by atoms with Gasteiger partial charge in [0.15, 0.2) is 0 Å². The zero-order chi connectivity index (χ0) is 19.2. The van der Waals surface area contributed by atoms with E-state index in [1.54, 1.807) is 29.1 Å². The SMILES string of the molecule is CN1CCN(C2CCN(Sc3ccc(OC/C(=C\F)CN)nc3)CC2)C1=O. The molecule has 2 saturated heterocycles. The van der Waals surface area contributed by atoms with E-state index in [1.807, 2.05) is 18.0 Å². The molecule has 3 rings (SSSR count). The lowest BCUT2D eigenvalue weighted by Gasteiger charge is -2.35. The summed E-state index contributed by atoms with van der Waals surface area (Å²) < 4.78 is 20.2. The van der Waals surface area contributed by atoms with Crippen LogP contribution in [-0.4, -0.2) is 77.5 Å². The predicted molar refractivity (Wildman–Crippen MR) is 103 cm³/mol. The zero-order valence-electron chi connectivity index (χ0n) is 15.5. The number of carbonyl (C=O) groups is 1. The van der Waals surface area contributed by atoms with Gasteiger partial charge in [0.25, 0.3) is 0 Å². The van der Waals surface area contributed by atoms with Gasteiger partial charge in [-0.2, -0.15) is 0 Å². The molecular weight excluding hydrogens is 369 g/mol. The minimum Gasteiger partial charge on any atom is -0.473 e. The van der Waals surface area contributed by atoms with Crippen molar-refractivity contribution in [3.05, 3.63) is 30.2 Å². The number of halogens is 1. The van der Waals surface area contributed by atoms with Gasteiger partial charge in [-0.25, -0.2) is 18.5 Å². The van der Waals surface area contributed by atoms with Crippen molar-refractivity contribution in [2.24, 2.45) is 5.73 Å². The summed E-state index contributed by atoms with van der Waals surface area (Å²) in [6.07, 6.45) is 4.20. The Kier molecular flexibility index (Phi) is 6.92. The monoisotopic (exact) mass is 395 g/mol. The molecule has 0 unspecified atom stereocenters. The van der Waals surface area contributed by atoms with Crippen molar-refractivity contribution in [3.8, 4) is 5.88 Å². The molecule has 0 bridgehead atoms. The Balaban J connectivity index is 1.44. The van der Waals surface area contributed by atoms with E-state index in [0.29, 0.717) is 23.8 Å². The van der Waals surface area contributed by atoms with Crippen LogP contribution in [0.25, 0.3) is 0 Å². The van der Waals surface area contributed by atoms with Crippen molar-refractivity contribution < 1.29 is 13.9 Å². The summed E-state index contributed by atoms with van der Waals surface area (Å²) in [6.45, 7) is 3.75. The van der Waals surface area contributed by atoms with Crippen molar-refractivity contribution in [1.29, 1.82) is 0 Å². The molecule has 0 aliphatic carbocycles. The number of rotatable bonds is 7. The van der Waals surface area contributed by atoms with Gasteiger partial charge in [-0.05, 0) is 30.9 Å². The molecular formula is C18H26FN5O2S. The summed E-state index contributed by atoms with van der Waals surface area (Å²) in [5, 5.41) is 0. The second-order valence-corrected chi connectivity index (χ2v) is 7.91. The van der Waals surface area contributed by atoms with E-state index in [4.69, 9.17) is 10.5 Å². The number of amides is 2. The summed E-state index contributed by atoms with van der Waals surface area (Å²) >= 11 is 1.66. The Morgan fingerprint density at radius 2 is 2.15 bits per heavy atom. The van der Waals surface area contributed by atoms with Crippen molar-refractivity contribution in [2.45, 2.75) is 23.8 Å². The smallest absolute Gasteiger partial charge is 0.320 e. The number of pyridine rings is 1. The maximum Gasteiger partial charge on any atom is 0.320 e. The fourth-order valence-corrected chi connectivity index (χ4v) is 4.13. The molecule has 3 heterocycles. The Hall–Kier alpha value is -1.84. The molecule has 1 aromatic heterocycles. The Labute approximate surface area is 163 Å². The van der Waals surface area contributed by atoms with Crippen LogP contribution < -0.4 is 10.5 Å². The molecule has 7 nitrogen and oxygen atoms in total. The molecule has 2 aliphatic heterocycles. The minimum atomic E-state index is 0.102. The van der Waals surface area contributed by atoms with E-state index in [9.17, 15) is 9.18 Å². The highest BCUT2D eigenvalue weighted by Gasteiger charge is 2.33. The van der Waals surface area contributed by atoms with E-state index < -0.39 is 0 Å². The van der Waals surface area contributed by atoms with Crippen molar-refractivity contribution in [2.75, 3.05) is 46.4 Å². The Bertz CT molecular complexity index is 664. The Morgan fingerprint density at radius 3 is 2.70 bits per heavy atom. The van der Waals surface area contributed by atoms with Crippen LogP contribution >= 0.6 is 11.9 Å². The molecule has 1 aromatic rings. The molecule has 0 saturated carbocycles. The largest absolute Gasteiger partial charge is 0.473 e. The minimum absolute atomic E-state index is 0.102. The van der Waals surface area contributed by atoms with Crippen molar-refractivity contribution in [1.82, 2.24) is 19.1 Å².